The third kappa shape index (κ3) is 4.39. The van der Waals surface area contributed by atoms with Crippen LogP contribution in [0.25, 0.3) is 11.1 Å². The fraction of sp³-hybridized carbons (Fsp3) is 0.318. The first-order valence-corrected chi connectivity index (χ1v) is 9.26. The zero-order chi connectivity index (χ0) is 20.1. The first-order chi connectivity index (χ1) is 13.5. The van der Waals surface area contributed by atoms with E-state index < -0.39 is 5.97 Å². The summed E-state index contributed by atoms with van der Waals surface area (Å²) in [6, 6.07) is 17.2. The minimum Gasteiger partial charge on any atom is -0.481 e. The molecule has 0 spiro atoms. The van der Waals surface area contributed by atoms with Gasteiger partial charge < -0.3 is 14.8 Å². The Morgan fingerprint density at radius 2 is 1.79 bits per heavy atom. The summed E-state index contributed by atoms with van der Waals surface area (Å²) < 4.78 is 0. The molecule has 2 aromatic rings. The van der Waals surface area contributed by atoms with Gasteiger partial charge in [-0.1, -0.05) is 54.5 Å². The second-order valence-electron chi connectivity index (χ2n) is 7.06. The van der Waals surface area contributed by atoms with Crippen LogP contribution in [0.15, 0.2) is 59.8 Å². The number of carbonyl (C=O) groups is 2. The van der Waals surface area contributed by atoms with Crippen molar-refractivity contribution in [1.82, 2.24) is 4.90 Å². The highest BCUT2D eigenvalue weighted by atomic mass is 16.6. The van der Waals surface area contributed by atoms with Crippen LogP contribution in [-0.4, -0.2) is 47.3 Å². The molecule has 6 heteroatoms. The van der Waals surface area contributed by atoms with Gasteiger partial charge >= 0.3 is 5.97 Å². The number of nitrogens with zero attached hydrogens (tertiary/aromatic N) is 2. The Morgan fingerprint density at radius 3 is 2.39 bits per heavy atom. The van der Waals surface area contributed by atoms with Gasteiger partial charge in [0.15, 0.2) is 0 Å². The van der Waals surface area contributed by atoms with Gasteiger partial charge in [-0.05, 0) is 29.2 Å². The lowest BCUT2D eigenvalue weighted by atomic mass is 9.95. The Morgan fingerprint density at radius 1 is 1.14 bits per heavy atom. The lowest BCUT2D eigenvalue weighted by molar-refractivity contribution is -0.138. The summed E-state index contributed by atoms with van der Waals surface area (Å²) >= 11 is 0. The maximum atomic E-state index is 13.1. The topological polar surface area (TPSA) is 79.2 Å². The molecule has 0 radical (unpaired) electrons. The highest BCUT2D eigenvalue weighted by Crippen LogP contribution is 2.28. The predicted octanol–water partition coefficient (Wildman–Crippen LogP) is 3.68. The highest BCUT2D eigenvalue weighted by molar-refractivity contribution is 6.00. The van der Waals surface area contributed by atoms with Crippen LogP contribution in [0.3, 0.4) is 0 Å². The van der Waals surface area contributed by atoms with Crippen molar-refractivity contribution < 1.29 is 19.5 Å². The van der Waals surface area contributed by atoms with E-state index in [-0.39, 0.29) is 24.3 Å². The van der Waals surface area contributed by atoms with Crippen LogP contribution in [-0.2, 0) is 9.63 Å². The third-order valence-corrected chi connectivity index (χ3v) is 5.07. The number of oxime groups is 1. The van der Waals surface area contributed by atoms with Crippen LogP contribution in [0.4, 0.5) is 0 Å². The minimum absolute atomic E-state index is 0.00164. The van der Waals surface area contributed by atoms with E-state index in [1.54, 1.807) is 4.90 Å². The molecule has 6 nitrogen and oxygen atoms in total. The molecule has 146 valence electrons. The predicted molar refractivity (Wildman–Crippen MR) is 107 cm³/mol. The summed E-state index contributed by atoms with van der Waals surface area (Å²) in [7, 11) is 1.47. The summed E-state index contributed by atoms with van der Waals surface area (Å²) in [5, 5.41) is 13.1. The zero-order valence-electron chi connectivity index (χ0n) is 16.0. The van der Waals surface area contributed by atoms with Gasteiger partial charge in [0.05, 0.1) is 12.3 Å². The molecule has 1 N–H and O–H groups in total. The fourth-order valence-corrected chi connectivity index (χ4v) is 3.67. The number of amides is 1. The SMILES string of the molecule is CO/N=C1\C[C@H](C(C)CC(=O)O)N(C(=O)c2ccc(-c3ccccc3)cc2)C1. The number of benzene rings is 2. The summed E-state index contributed by atoms with van der Waals surface area (Å²) in [5.74, 6) is -1.18. The van der Waals surface area contributed by atoms with Gasteiger partial charge in [-0.25, -0.2) is 0 Å². The Kier molecular flexibility index (Phi) is 6.09. The summed E-state index contributed by atoms with van der Waals surface area (Å²) in [6.45, 7) is 2.20. The highest BCUT2D eigenvalue weighted by Gasteiger charge is 2.37. The van der Waals surface area contributed by atoms with Gasteiger partial charge in [0.25, 0.3) is 5.91 Å². The van der Waals surface area contributed by atoms with Crippen LogP contribution in [0.2, 0.25) is 0 Å². The van der Waals surface area contributed by atoms with Crippen molar-refractivity contribution in [2.45, 2.75) is 25.8 Å². The molecule has 0 aliphatic carbocycles. The van der Waals surface area contributed by atoms with Crippen LogP contribution < -0.4 is 0 Å². The van der Waals surface area contributed by atoms with Crippen LogP contribution in [0.5, 0.6) is 0 Å². The van der Waals surface area contributed by atoms with Crippen molar-refractivity contribution in [2.24, 2.45) is 11.1 Å². The second-order valence-corrected chi connectivity index (χ2v) is 7.06. The number of hydrogen-bond donors (Lipinski definition) is 1. The van der Waals surface area contributed by atoms with Crippen molar-refractivity contribution in [3.8, 4) is 11.1 Å². The van der Waals surface area contributed by atoms with Gasteiger partial charge in [-0.15, -0.1) is 0 Å². The molecular formula is C22H24N2O4. The van der Waals surface area contributed by atoms with Gasteiger partial charge in [-0.3, -0.25) is 9.59 Å². The molecule has 0 saturated carbocycles. The number of carboxylic acid groups (broad SMARTS) is 1. The average molecular weight is 380 g/mol. The molecule has 1 unspecified atom stereocenters. The van der Waals surface area contributed by atoms with E-state index >= 15 is 0 Å². The molecule has 28 heavy (non-hydrogen) atoms. The lowest BCUT2D eigenvalue weighted by Crippen LogP contribution is -2.40. The Balaban J connectivity index is 1.82. The number of aliphatic carboxylic acids is 1. The largest absolute Gasteiger partial charge is 0.481 e. The van der Waals surface area contributed by atoms with E-state index in [4.69, 9.17) is 9.94 Å². The summed E-state index contributed by atoms with van der Waals surface area (Å²) in [5.41, 5.74) is 3.45. The molecule has 0 bridgehead atoms. The van der Waals surface area contributed by atoms with Gasteiger partial charge in [0.2, 0.25) is 0 Å². The molecule has 2 aromatic carbocycles. The van der Waals surface area contributed by atoms with Gasteiger partial charge in [0, 0.05) is 24.4 Å². The van der Waals surface area contributed by atoms with Crippen LogP contribution in [0, 0.1) is 5.92 Å². The fourth-order valence-electron chi connectivity index (χ4n) is 3.67. The first kappa shape index (κ1) is 19.6. The second kappa shape index (κ2) is 8.69. The number of rotatable bonds is 6. The molecule has 1 fully saturated rings. The van der Waals surface area contributed by atoms with Gasteiger partial charge in [-0.2, -0.15) is 0 Å². The van der Waals surface area contributed by atoms with Crippen molar-refractivity contribution in [1.29, 1.82) is 0 Å². The van der Waals surface area contributed by atoms with Gasteiger partial charge in [0.1, 0.15) is 7.11 Å². The van der Waals surface area contributed by atoms with Crippen molar-refractivity contribution in [3.63, 3.8) is 0 Å². The Labute approximate surface area is 164 Å². The van der Waals surface area contributed by atoms with E-state index in [1.165, 1.54) is 7.11 Å². The standard InChI is InChI=1S/C22H24N2O4/c1-15(12-21(25)26)20-13-19(23-28-2)14-24(20)22(27)18-10-8-17(9-11-18)16-6-4-3-5-7-16/h3-11,15,20H,12-14H2,1-2H3,(H,25,26)/b23-19+/t15?,20-/m1/s1. The average Bonchev–Trinajstić information content (AvgIpc) is 3.12. The molecule has 0 aromatic heterocycles. The van der Waals surface area contributed by atoms with E-state index in [2.05, 4.69) is 5.16 Å². The normalized spacial score (nSPS) is 18.9. The molecular weight excluding hydrogens is 356 g/mol. The van der Waals surface area contributed by atoms with E-state index in [0.29, 0.717) is 18.5 Å². The molecule has 1 aliphatic rings. The van der Waals surface area contributed by atoms with E-state index in [1.807, 2.05) is 61.5 Å². The molecule has 3 rings (SSSR count). The monoisotopic (exact) mass is 380 g/mol. The van der Waals surface area contributed by atoms with Crippen molar-refractivity contribution in [3.05, 3.63) is 60.2 Å². The number of carboxylic acids is 1. The van der Waals surface area contributed by atoms with E-state index in [9.17, 15) is 9.59 Å². The quantitative estimate of drug-likeness (QED) is 0.776. The molecule has 1 heterocycles. The Hall–Kier alpha value is -3.15. The molecule has 1 amide bonds. The maximum Gasteiger partial charge on any atom is 0.303 e. The van der Waals surface area contributed by atoms with Crippen LogP contribution in [0.1, 0.15) is 30.1 Å². The first-order valence-electron chi connectivity index (χ1n) is 9.26. The van der Waals surface area contributed by atoms with E-state index in [0.717, 1.165) is 16.8 Å². The smallest absolute Gasteiger partial charge is 0.303 e. The lowest BCUT2D eigenvalue weighted by Gasteiger charge is -2.28. The minimum atomic E-state index is -0.871. The van der Waals surface area contributed by atoms with Crippen molar-refractivity contribution >= 4 is 17.6 Å². The zero-order valence-corrected chi connectivity index (χ0v) is 16.0. The Bertz CT molecular complexity index is 862. The molecule has 2 atom stereocenters. The number of hydrogen-bond acceptors (Lipinski definition) is 4. The molecule has 1 aliphatic heterocycles. The number of carbonyl (C=O) groups excluding carboxylic acids is 1. The summed E-state index contributed by atoms with van der Waals surface area (Å²) in [4.78, 5) is 30.8. The van der Waals surface area contributed by atoms with Crippen molar-refractivity contribution in [2.75, 3.05) is 13.7 Å². The molecule has 1 saturated heterocycles. The maximum absolute atomic E-state index is 13.1. The third-order valence-electron chi connectivity index (χ3n) is 5.07. The summed E-state index contributed by atoms with van der Waals surface area (Å²) in [6.07, 6.45) is 0.526. The van der Waals surface area contributed by atoms with Crippen LogP contribution >= 0.6 is 0 Å². The number of likely N-dealkylation sites (tertiary alicyclic amines) is 1.